The van der Waals surface area contributed by atoms with E-state index < -0.39 is 5.60 Å². The molecule has 1 aromatic carbocycles. The van der Waals surface area contributed by atoms with Crippen molar-refractivity contribution in [3.63, 3.8) is 0 Å². The number of hydrogen-bond donors (Lipinski definition) is 2. The summed E-state index contributed by atoms with van der Waals surface area (Å²) in [6.45, 7) is 4.22. The molecule has 94 valence electrons. The molecule has 2 unspecified atom stereocenters. The molecule has 1 aliphatic rings. The number of benzene rings is 1. The highest BCUT2D eigenvalue weighted by molar-refractivity contribution is 5.54. The Labute approximate surface area is 104 Å². The lowest BCUT2D eigenvalue weighted by Crippen LogP contribution is -2.48. The Bertz CT molecular complexity index is 377. The fourth-order valence-electron chi connectivity index (χ4n) is 2.87. The summed E-state index contributed by atoms with van der Waals surface area (Å²) >= 11 is 0. The van der Waals surface area contributed by atoms with Crippen LogP contribution in [-0.2, 0) is 6.42 Å². The number of fused-ring (bicyclic) bond motifs is 1. The van der Waals surface area contributed by atoms with E-state index in [2.05, 4.69) is 43.4 Å². The standard InChI is InChI=1S/C15H23NO/c1-3-11-15(17,4-2)14-10-9-12-7-5-6-8-13(12)16-14/h5-8,14,16-17H,3-4,9-11H2,1-2H3. The first-order valence-electron chi connectivity index (χ1n) is 6.76. The minimum atomic E-state index is -0.553. The molecular weight excluding hydrogens is 210 g/mol. The van der Waals surface area contributed by atoms with Crippen molar-refractivity contribution in [2.24, 2.45) is 0 Å². The van der Waals surface area contributed by atoms with Crippen molar-refractivity contribution in [1.82, 2.24) is 0 Å². The molecular formula is C15H23NO. The lowest BCUT2D eigenvalue weighted by Gasteiger charge is -2.39. The highest BCUT2D eigenvalue weighted by Crippen LogP contribution is 2.33. The number of aliphatic hydroxyl groups is 1. The molecule has 1 heterocycles. The first-order valence-corrected chi connectivity index (χ1v) is 6.76. The molecule has 2 rings (SSSR count). The molecule has 0 bridgehead atoms. The summed E-state index contributed by atoms with van der Waals surface area (Å²) in [6.07, 6.45) is 4.83. The van der Waals surface area contributed by atoms with Gasteiger partial charge in [0.05, 0.1) is 11.6 Å². The summed E-state index contributed by atoms with van der Waals surface area (Å²) in [4.78, 5) is 0. The molecule has 0 aromatic heterocycles. The molecule has 2 N–H and O–H groups in total. The minimum absolute atomic E-state index is 0.197. The van der Waals surface area contributed by atoms with Gasteiger partial charge in [0.25, 0.3) is 0 Å². The fraction of sp³-hybridized carbons (Fsp3) is 0.600. The van der Waals surface area contributed by atoms with Crippen LogP contribution in [0.3, 0.4) is 0 Å². The van der Waals surface area contributed by atoms with E-state index in [1.165, 1.54) is 11.3 Å². The molecule has 0 saturated heterocycles. The van der Waals surface area contributed by atoms with Gasteiger partial charge in [0.2, 0.25) is 0 Å². The van der Waals surface area contributed by atoms with Gasteiger partial charge in [-0.2, -0.15) is 0 Å². The smallest absolute Gasteiger partial charge is 0.0845 e. The second-order valence-corrected chi connectivity index (χ2v) is 5.10. The second kappa shape index (κ2) is 5.09. The Morgan fingerprint density at radius 1 is 1.35 bits per heavy atom. The van der Waals surface area contributed by atoms with Gasteiger partial charge in [-0.3, -0.25) is 0 Å². The largest absolute Gasteiger partial charge is 0.388 e. The van der Waals surface area contributed by atoms with E-state index in [1.807, 2.05) is 0 Å². The summed E-state index contributed by atoms with van der Waals surface area (Å²) in [6, 6.07) is 8.62. The average Bonchev–Trinajstić information content (AvgIpc) is 2.38. The Morgan fingerprint density at radius 3 is 2.82 bits per heavy atom. The van der Waals surface area contributed by atoms with Crippen LogP contribution in [0.2, 0.25) is 0 Å². The van der Waals surface area contributed by atoms with E-state index >= 15 is 0 Å². The van der Waals surface area contributed by atoms with Crippen LogP contribution in [-0.4, -0.2) is 16.7 Å². The number of anilines is 1. The third kappa shape index (κ3) is 2.47. The maximum atomic E-state index is 10.7. The van der Waals surface area contributed by atoms with Crippen molar-refractivity contribution in [3.8, 4) is 0 Å². The van der Waals surface area contributed by atoms with Gasteiger partial charge in [0.15, 0.2) is 0 Å². The van der Waals surface area contributed by atoms with E-state index in [9.17, 15) is 5.11 Å². The number of aryl methyl sites for hydroxylation is 1. The zero-order chi connectivity index (χ0) is 12.3. The van der Waals surface area contributed by atoms with Gasteiger partial charge in [-0.05, 0) is 37.3 Å². The summed E-state index contributed by atoms with van der Waals surface area (Å²) in [5, 5.41) is 14.2. The van der Waals surface area contributed by atoms with E-state index in [1.54, 1.807) is 0 Å². The van der Waals surface area contributed by atoms with Crippen molar-refractivity contribution in [2.45, 2.75) is 57.6 Å². The fourth-order valence-corrected chi connectivity index (χ4v) is 2.87. The number of hydrogen-bond acceptors (Lipinski definition) is 2. The number of para-hydroxylation sites is 1. The average molecular weight is 233 g/mol. The minimum Gasteiger partial charge on any atom is -0.388 e. The Balaban J connectivity index is 2.16. The molecule has 2 atom stereocenters. The quantitative estimate of drug-likeness (QED) is 0.836. The van der Waals surface area contributed by atoms with Gasteiger partial charge >= 0.3 is 0 Å². The second-order valence-electron chi connectivity index (χ2n) is 5.10. The highest BCUT2D eigenvalue weighted by Gasteiger charge is 2.35. The first kappa shape index (κ1) is 12.4. The monoisotopic (exact) mass is 233 g/mol. The first-order chi connectivity index (χ1) is 8.19. The van der Waals surface area contributed by atoms with Gasteiger partial charge in [0.1, 0.15) is 0 Å². The van der Waals surface area contributed by atoms with E-state index in [0.717, 1.165) is 32.1 Å². The van der Waals surface area contributed by atoms with Crippen LogP contribution in [0.5, 0.6) is 0 Å². The third-order valence-corrected chi connectivity index (χ3v) is 3.99. The van der Waals surface area contributed by atoms with Crippen LogP contribution in [0, 0.1) is 0 Å². The summed E-state index contributed by atoms with van der Waals surface area (Å²) < 4.78 is 0. The van der Waals surface area contributed by atoms with Crippen molar-refractivity contribution in [3.05, 3.63) is 29.8 Å². The van der Waals surface area contributed by atoms with Crippen LogP contribution >= 0.6 is 0 Å². The predicted octanol–water partition coefficient (Wildman–Crippen LogP) is 3.35. The topological polar surface area (TPSA) is 32.3 Å². The molecule has 0 radical (unpaired) electrons. The molecule has 2 heteroatoms. The van der Waals surface area contributed by atoms with Crippen LogP contribution < -0.4 is 5.32 Å². The normalized spacial score (nSPS) is 22.4. The summed E-state index contributed by atoms with van der Waals surface area (Å²) in [5.74, 6) is 0. The zero-order valence-corrected chi connectivity index (χ0v) is 10.9. The molecule has 0 spiro atoms. The van der Waals surface area contributed by atoms with Crippen LogP contribution in [0.25, 0.3) is 0 Å². The van der Waals surface area contributed by atoms with Crippen LogP contribution in [0.1, 0.15) is 45.1 Å². The van der Waals surface area contributed by atoms with Gasteiger partial charge < -0.3 is 10.4 Å². The molecule has 0 saturated carbocycles. The van der Waals surface area contributed by atoms with Crippen LogP contribution in [0.15, 0.2) is 24.3 Å². The zero-order valence-electron chi connectivity index (χ0n) is 10.9. The Morgan fingerprint density at radius 2 is 2.12 bits per heavy atom. The SMILES string of the molecule is CCCC(O)(CC)C1CCc2ccccc2N1. The van der Waals surface area contributed by atoms with Crippen LogP contribution in [0.4, 0.5) is 5.69 Å². The summed E-state index contributed by atoms with van der Waals surface area (Å²) in [7, 11) is 0. The van der Waals surface area contributed by atoms with Crippen molar-refractivity contribution >= 4 is 5.69 Å². The lowest BCUT2D eigenvalue weighted by atomic mass is 9.81. The molecule has 0 fully saturated rings. The number of rotatable bonds is 4. The molecule has 17 heavy (non-hydrogen) atoms. The number of nitrogens with one attached hydrogen (secondary N) is 1. The maximum Gasteiger partial charge on any atom is 0.0845 e. The Kier molecular flexibility index (Phi) is 3.72. The van der Waals surface area contributed by atoms with Gasteiger partial charge in [-0.15, -0.1) is 0 Å². The molecule has 1 aromatic rings. The van der Waals surface area contributed by atoms with Gasteiger partial charge in [-0.25, -0.2) is 0 Å². The highest BCUT2D eigenvalue weighted by atomic mass is 16.3. The third-order valence-electron chi connectivity index (χ3n) is 3.99. The maximum absolute atomic E-state index is 10.7. The molecule has 0 amide bonds. The molecule has 2 nitrogen and oxygen atoms in total. The van der Waals surface area contributed by atoms with Crippen molar-refractivity contribution < 1.29 is 5.11 Å². The molecule has 1 aliphatic heterocycles. The van der Waals surface area contributed by atoms with Gasteiger partial charge in [0, 0.05) is 5.69 Å². The van der Waals surface area contributed by atoms with E-state index in [-0.39, 0.29) is 6.04 Å². The Hall–Kier alpha value is -1.02. The van der Waals surface area contributed by atoms with E-state index in [4.69, 9.17) is 0 Å². The van der Waals surface area contributed by atoms with Gasteiger partial charge in [-0.1, -0.05) is 38.5 Å². The molecule has 0 aliphatic carbocycles. The van der Waals surface area contributed by atoms with Crippen molar-refractivity contribution in [1.29, 1.82) is 0 Å². The van der Waals surface area contributed by atoms with E-state index in [0.29, 0.717) is 0 Å². The summed E-state index contributed by atoms with van der Waals surface area (Å²) in [5.41, 5.74) is 2.02. The predicted molar refractivity (Wildman–Crippen MR) is 72.3 cm³/mol. The lowest BCUT2D eigenvalue weighted by molar-refractivity contribution is 0.00455. The van der Waals surface area contributed by atoms with Crippen molar-refractivity contribution in [2.75, 3.05) is 5.32 Å².